The van der Waals surface area contributed by atoms with Crippen LogP contribution in [0.3, 0.4) is 0 Å². The molecule has 1 aromatic rings. The van der Waals surface area contributed by atoms with E-state index in [9.17, 15) is 19.5 Å². The average Bonchev–Trinajstić information content (AvgIpc) is 3.11. The summed E-state index contributed by atoms with van der Waals surface area (Å²) >= 11 is 0. The topological polar surface area (TPSA) is 111 Å². The highest BCUT2D eigenvalue weighted by Crippen LogP contribution is 2.47. The molecule has 1 aliphatic heterocycles. The molecule has 194 valence electrons. The minimum atomic E-state index is -0.963. The molecule has 1 saturated carbocycles. The lowest BCUT2D eigenvalue weighted by molar-refractivity contribution is -0.151. The Kier molecular flexibility index (Phi) is 7.71. The number of benzene rings is 1. The summed E-state index contributed by atoms with van der Waals surface area (Å²) in [7, 11) is 2.71. The summed E-state index contributed by atoms with van der Waals surface area (Å²) < 4.78 is 16.3. The van der Waals surface area contributed by atoms with Crippen LogP contribution in [0.2, 0.25) is 0 Å². The first-order valence-corrected chi connectivity index (χ1v) is 12.7. The maximum Gasteiger partial charge on any atom is 0.337 e. The number of phenolic OH excluding ortho intramolecular Hbond substituents is 1. The third kappa shape index (κ3) is 4.86. The molecular weight excluding hydrogens is 462 g/mol. The van der Waals surface area contributed by atoms with Crippen molar-refractivity contribution in [1.29, 1.82) is 0 Å². The number of carbonyl (C=O) groups excluding carboxylic acids is 3. The summed E-state index contributed by atoms with van der Waals surface area (Å²) in [5.74, 6) is -3.26. The predicted octanol–water partition coefficient (Wildman–Crippen LogP) is 4.28. The van der Waals surface area contributed by atoms with Crippen molar-refractivity contribution in [1.82, 2.24) is 5.32 Å². The Balaban J connectivity index is 1.80. The minimum absolute atomic E-state index is 0.0521. The van der Waals surface area contributed by atoms with Crippen LogP contribution in [-0.2, 0) is 23.9 Å². The number of hydrogen-bond acceptors (Lipinski definition) is 8. The van der Waals surface area contributed by atoms with Crippen molar-refractivity contribution in [2.45, 2.75) is 70.8 Å². The van der Waals surface area contributed by atoms with Crippen molar-refractivity contribution in [3.8, 4) is 11.5 Å². The first kappa shape index (κ1) is 25.8. The molecule has 4 rings (SSSR count). The number of ether oxygens (including phenoxy) is 3. The number of carbonyl (C=O) groups is 3. The smallest absolute Gasteiger partial charge is 0.337 e. The van der Waals surface area contributed by atoms with Gasteiger partial charge in [-0.05, 0) is 62.6 Å². The Bertz CT molecular complexity index is 1110. The van der Waals surface area contributed by atoms with Crippen LogP contribution >= 0.6 is 0 Å². The summed E-state index contributed by atoms with van der Waals surface area (Å²) in [6.07, 6.45) is 6.20. The lowest BCUT2D eigenvalue weighted by atomic mass is 9.69. The maximum absolute atomic E-state index is 13.8. The van der Waals surface area contributed by atoms with Crippen molar-refractivity contribution in [2.75, 3.05) is 14.2 Å². The average molecular weight is 498 g/mol. The quantitative estimate of drug-likeness (QED) is 0.352. The third-order valence-electron chi connectivity index (χ3n) is 7.58. The van der Waals surface area contributed by atoms with Gasteiger partial charge in [0, 0.05) is 22.9 Å². The Labute approximate surface area is 211 Å². The first-order chi connectivity index (χ1) is 17.3. The summed E-state index contributed by atoms with van der Waals surface area (Å²) in [4.78, 5) is 40.1. The van der Waals surface area contributed by atoms with Gasteiger partial charge < -0.3 is 24.6 Å². The highest BCUT2D eigenvalue weighted by molar-refractivity contribution is 6.12. The molecule has 3 aliphatic rings. The highest BCUT2D eigenvalue weighted by Gasteiger charge is 2.47. The predicted molar refractivity (Wildman–Crippen MR) is 132 cm³/mol. The van der Waals surface area contributed by atoms with Crippen LogP contribution < -0.4 is 10.1 Å². The SMILES string of the molecule is COC(=O)[C@@H]1C(=O)C2=C(C[C@@H]1C)NC(C)=C(C(=O)OC1CCCCCC1)[C@H]2c1ccc(O)c(OC)c1. The van der Waals surface area contributed by atoms with Gasteiger partial charge in [0.05, 0.1) is 19.8 Å². The molecule has 0 amide bonds. The van der Waals surface area contributed by atoms with Crippen molar-refractivity contribution < 1.29 is 33.7 Å². The molecule has 1 aromatic carbocycles. The molecule has 0 unspecified atom stereocenters. The third-order valence-corrected chi connectivity index (χ3v) is 7.58. The number of dihydropyridines is 1. The van der Waals surface area contributed by atoms with Gasteiger partial charge in [-0.25, -0.2) is 4.79 Å². The van der Waals surface area contributed by atoms with Crippen molar-refractivity contribution in [3.63, 3.8) is 0 Å². The lowest BCUT2D eigenvalue weighted by Gasteiger charge is -2.38. The molecule has 1 heterocycles. The molecule has 8 nitrogen and oxygen atoms in total. The van der Waals surface area contributed by atoms with E-state index >= 15 is 0 Å². The molecule has 0 spiro atoms. The van der Waals surface area contributed by atoms with Crippen LogP contribution in [0.4, 0.5) is 0 Å². The van der Waals surface area contributed by atoms with Crippen LogP contribution in [0.15, 0.2) is 40.7 Å². The molecule has 0 bridgehead atoms. The molecule has 0 radical (unpaired) electrons. The number of allylic oxidation sites excluding steroid dienone is 3. The van der Waals surface area contributed by atoms with Crippen molar-refractivity contribution in [3.05, 3.63) is 46.3 Å². The van der Waals surface area contributed by atoms with Gasteiger partial charge in [0.1, 0.15) is 12.0 Å². The molecule has 0 aromatic heterocycles. The van der Waals surface area contributed by atoms with Gasteiger partial charge in [-0.2, -0.15) is 0 Å². The number of rotatable bonds is 5. The van der Waals surface area contributed by atoms with E-state index in [4.69, 9.17) is 14.2 Å². The maximum atomic E-state index is 13.8. The fourth-order valence-electron chi connectivity index (χ4n) is 5.73. The molecule has 2 aliphatic carbocycles. The second kappa shape index (κ2) is 10.8. The number of aromatic hydroxyl groups is 1. The number of hydrogen-bond donors (Lipinski definition) is 2. The van der Waals surface area contributed by atoms with Crippen molar-refractivity contribution in [2.24, 2.45) is 11.8 Å². The zero-order valence-corrected chi connectivity index (χ0v) is 21.4. The van der Waals surface area contributed by atoms with Crippen LogP contribution in [0.25, 0.3) is 0 Å². The van der Waals surface area contributed by atoms with Gasteiger partial charge in [-0.15, -0.1) is 0 Å². The molecule has 36 heavy (non-hydrogen) atoms. The molecule has 3 atom stereocenters. The number of Topliss-reactive ketones (excluding diaryl/α,β-unsaturated/α-hetero) is 1. The zero-order valence-electron chi connectivity index (χ0n) is 21.4. The van der Waals surface area contributed by atoms with Crippen LogP contribution in [0, 0.1) is 11.8 Å². The summed E-state index contributed by atoms with van der Waals surface area (Å²) in [5, 5.41) is 13.5. The molecular formula is C28H35NO7. The summed E-state index contributed by atoms with van der Waals surface area (Å²) in [5.41, 5.74) is 2.58. The number of esters is 2. The second-order valence-corrected chi connectivity index (χ2v) is 9.99. The van der Waals surface area contributed by atoms with E-state index in [-0.39, 0.29) is 29.3 Å². The first-order valence-electron chi connectivity index (χ1n) is 12.7. The molecule has 2 N–H and O–H groups in total. The van der Waals surface area contributed by atoms with Gasteiger partial charge in [0.15, 0.2) is 17.3 Å². The van der Waals surface area contributed by atoms with Gasteiger partial charge in [0.25, 0.3) is 0 Å². The Morgan fingerprint density at radius 1 is 1.08 bits per heavy atom. The van der Waals surface area contributed by atoms with E-state index in [2.05, 4.69) is 5.32 Å². The zero-order chi connectivity index (χ0) is 26.0. The Morgan fingerprint density at radius 3 is 2.42 bits per heavy atom. The van der Waals surface area contributed by atoms with Crippen molar-refractivity contribution >= 4 is 17.7 Å². The van der Waals surface area contributed by atoms with Gasteiger partial charge in [-0.3, -0.25) is 9.59 Å². The van der Waals surface area contributed by atoms with E-state index in [1.807, 2.05) is 6.92 Å². The largest absolute Gasteiger partial charge is 0.504 e. The van der Waals surface area contributed by atoms with Crippen LogP contribution in [-0.4, -0.2) is 43.2 Å². The van der Waals surface area contributed by atoms with Gasteiger partial charge in [-0.1, -0.05) is 25.8 Å². The number of methoxy groups -OCH3 is 2. The standard InChI is InChI=1S/C28H35NO7/c1-15-13-19-25(26(31)22(15)27(32)35-4)24(17-11-12-20(30)21(14-17)34-3)23(16(2)29-19)28(33)36-18-9-7-5-6-8-10-18/h11-12,14-15,18,22,24,29-30H,5-10,13H2,1-4H3/t15-,22-,24+/m0/s1. The fourth-order valence-corrected chi connectivity index (χ4v) is 5.73. The monoisotopic (exact) mass is 497 g/mol. The molecule has 8 heteroatoms. The number of ketones is 1. The second-order valence-electron chi connectivity index (χ2n) is 9.99. The van der Waals surface area contributed by atoms with Crippen LogP contribution in [0.1, 0.15) is 70.3 Å². The molecule has 0 saturated heterocycles. The Morgan fingerprint density at radius 2 is 1.78 bits per heavy atom. The normalized spacial score (nSPS) is 25.0. The number of phenols is 1. The summed E-state index contributed by atoms with van der Waals surface area (Å²) in [6, 6.07) is 4.78. The number of nitrogens with one attached hydrogen (secondary N) is 1. The van der Waals surface area contributed by atoms with Crippen LogP contribution in [0.5, 0.6) is 11.5 Å². The minimum Gasteiger partial charge on any atom is -0.504 e. The van der Waals surface area contributed by atoms with E-state index < -0.39 is 23.8 Å². The molecule has 1 fully saturated rings. The summed E-state index contributed by atoms with van der Waals surface area (Å²) in [6.45, 7) is 3.65. The van der Waals surface area contributed by atoms with E-state index in [1.165, 1.54) is 20.3 Å². The van der Waals surface area contributed by atoms with Gasteiger partial charge >= 0.3 is 11.9 Å². The Hall–Kier alpha value is -3.29. The van der Waals surface area contributed by atoms with E-state index in [0.717, 1.165) is 38.5 Å². The lowest BCUT2D eigenvalue weighted by Crippen LogP contribution is -2.43. The highest BCUT2D eigenvalue weighted by atomic mass is 16.5. The van der Waals surface area contributed by atoms with E-state index in [0.29, 0.717) is 34.5 Å². The van der Waals surface area contributed by atoms with E-state index in [1.54, 1.807) is 19.1 Å². The van der Waals surface area contributed by atoms with Gasteiger partial charge in [0.2, 0.25) is 0 Å². The fraction of sp³-hybridized carbons (Fsp3) is 0.536.